The number of ether oxygens (including phenoxy) is 1. The van der Waals surface area contributed by atoms with Crippen LogP contribution in [0.5, 0.6) is 0 Å². The van der Waals surface area contributed by atoms with Gasteiger partial charge in [-0.3, -0.25) is 9.69 Å². The molecule has 0 aromatic rings. The van der Waals surface area contributed by atoms with Gasteiger partial charge in [0.2, 0.25) is 0 Å². The SMILES string of the molecule is COCCC(C)N1CCSCC1CC(=O)O. The second-order valence-corrected chi connectivity index (χ2v) is 5.34. The smallest absolute Gasteiger partial charge is 0.304 e. The number of hydrogen-bond donors (Lipinski definition) is 1. The third kappa shape index (κ3) is 4.31. The Balaban J connectivity index is 2.48. The van der Waals surface area contributed by atoms with Crippen LogP contribution in [0.2, 0.25) is 0 Å². The number of carboxylic acid groups (broad SMARTS) is 1. The Morgan fingerprint density at radius 1 is 1.69 bits per heavy atom. The number of hydrogen-bond acceptors (Lipinski definition) is 4. The molecule has 4 nitrogen and oxygen atoms in total. The van der Waals surface area contributed by atoms with Gasteiger partial charge in [-0.15, -0.1) is 0 Å². The molecule has 1 rings (SSSR count). The van der Waals surface area contributed by atoms with Crippen LogP contribution in [0.4, 0.5) is 0 Å². The molecule has 1 N–H and O–H groups in total. The summed E-state index contributed by atoms with van der Waals surface area (Å²) in [4.78, 5) is 13.1. The number of carbonyl (C=O) groups is 1. The van der Waals surface area contributed by atoms with E-state index >= 15 is 0 Å². The van der Waals surface area contributed by atoms with Crippen molar-refractivity contribution in [2.24, 2.45) is 0 Å². The Morgan fingerprint density at radius 2 is 2.44 bits per heavy atom. The van der Waals surface area contributed by atoms with Gasteiger partial charge in [-0.2, -0.15) is 11.8 Å². The first-order chi connectivity index (χ1) is 7.65. The molecule has 0 spiro atoms. The Morgan fingerprint density at radius 3 is 3.06 bits per heavy atom. The van der Waals surface area contributed by atoms with Crippen molar-refractivity contribution in [1.29, 1.82) is 0 Å². The van der Waals surface area contributed by atoms with Gasteiger partial charge >= 0.3 is 5.97 Å². The van der Waals surface area contributed by atoms with E-state index in [1.807, 2.05) is 11.8 Å². The highest BCUT2D eigenvalue weighted by atomic mass is 32.2. The lowest BCUT2D eigenvalue weighted by atomic mass is 10.1. The molecular weight excluding hydrogens is 226 g/mol. The summed E-state index contributed by atoms with van der Waals surface area (Å²) in [6.45, 7) is 3.89. The summed E-state index contributed by atoms with van der Waals surface area (Å²) in [6, 6.07) is 0.591. The standard InChI is InChI=1S/C11H21NO3S/c1-9(3-5-15-2)12-4-6-16-8-10(12)7-11(13)14/h9-10H,3-8H2,1-2H3,(H,13,14). The number of thioether (sulfide) groups is 1. The fourth-order valence-corrected chi connectivity index (χ4v) is 3.17. The van der Waals surface area contributed by atoms with Gasteiger partial charge in [-0.1, -0.05) is 0 Å². The summed E-state index contributed by atoms with van der Waals surface area (Å²) in [5, 5.41) is 8.88. The van der Waals surface area contributed by atoms with Crippen molar-refractivity contribution in [3.05, 3.63) is 0 Å². The minimum atomic E-state index is -0.698. The minimum absolute atomic E-state index is 0.183. The van der Waals surface area contributed by atoms with Crippen LogP contribution in [0, 0.1) is 0 Å². The van der Waals surface area contributed by atoms with Crippen LogP contribution in [0.1, 0.15) is 19.8 Å². The van der Waals surface area contributed by atoms with E-state index in [0.29, 0.717) is 6.04 Å². The van der Waals surface area contributed by atoms with Crippen LogP contribution in [-0.2, 0) is 9.53 Å². The maximum absolute atomic E-state index is 10.8. The lowest BCUT2D eigenvalue weighted by Crippen LogP contribution is -2.48. The van der Waals surface area contributed by atoms with Crippen LogP contribution >= 0.6 is 11.8 Å². The van der Waals surface area contributed by atoms with Gasteiger partial charge in [0, 0.05) is 43.9 Å². The molecule has 0 saturated carbocycles. The van der Waals surface area contributed by atoms with E-state index in [-0.39, 0.29) is 12.5 Å². The van der Waals surface area contributed by atoms with Crippen molar-refractivity contribution in [1.82, 2.24) is 4.90 Å². The van der Waals surface area contributed by atoms with Crippen molar-refractivity contribution >= 4 is 17.7 Å². The maximum atomic E-state index is 10.8. The summed E-state index contributed by atoms with van der Waals surface area (Å²) in [5.74, 6) is 1.34. The number of nitrogens with zero attached hydrogens (tertiary/aromatic N) is 1. The Labute approximate surface area is 101 Å². The van der Waals surface area contributed by atoms with Crippen LogP contribution in [-0.4, -0.2) is 59.8 Å². The predicted octanol–water partition coefficient (Wildman–Crippen LogP) is 1.30. The zero-order valence-electron chi connectivity index (χ0n) is 10.0. The highest BCUT2D eigenvalue weighted by Gasteiger charge is 2.28. The molecule has 0 aromatic heterocycles. The average Bonchev–Trinajstić information content (AvgIpc) is 2.26. The molecule has 1 fully saturated rings. The molecule has 2 atom stereocenters. The first-order valence-electron chi connectivity index (χ1n) is 5.69. The van der Waals surface area contributed by atoms with Crippen molar-refractivity contribution in [2.45, 2.75) is 31.8 Å². The van der Waals surface area contributed by atoms with Gasteiger partial charge < -0.3 is 9.84 Å². The van der Waals surface area contributed by atoms with Crippen molar-refractivity contribution in [3.63, 3.8) is 0 Å². The molecule has 0 amide bonds. The van der Waals surface area contributed by atoms with E-state index < -0.39 is 5.97 Å². The molecule has 94 valence electrons. The van der Waals surface area contributed by atoms with E-state index in [9.17, 15) is 4.79 Å². The fourth-order valence-electron chi connectivity index (χ4n) is 2.08. The van der Waals surface area contributed by atoms with Gasteiger partial charge in [0.1, 0.15) is 0 Å². The molecule has 1 heterocycles. The van der Waals surface area contributed by atoms with Crippen molar-refractivity contribution < 1.29 is 14.6 Å². The third-order valence-corrected chi connectivity index (χ3v) is 4.08. The third-order valence-electron chi connectivity index (χ3n) is 2.99. The molecular formula is C11H21NO3S. The van der Waals surface area contributed by atoms with Gasteiger partial charge in [0.15, 0.2) is 0 Å². The molecule has 16 heavy (non-hydrogen) atoms. The molecule has 1 saturated heterocycles. The fraction of sp³-hybridized carbons (Fsp3) is 0.909. The molecule has 0 radical (unpaired) electrons. The molecule has 2 unspecified atom stereocenters. The van der Waals surface area contributed by atoms with E-state index in [2.05, 4.69) is 11.8 Å². The predicted molar refractivity (Wildman–Crippen MR) is 66.0 cm³/mol. The largest absolute Gasteiger partial charge is 0.481 e. The van der Waals surface area contributed by atoms with E-state index in [0.717, 1.165) is 31.1 Å². The number of aliphatic carboxylic acids is 1. The summed E-state index contributed by atoms with van der Waals surface area (Å²) in [5.41, 5.74) is 0. The van der Waals surface area contributed by atoms with Gasteiger partial charge in [0.05, 0.1) is 6.42 Å². The van der Waals surface area contributed by atoms with Crippen LogP contribution in [0.15, 0.2) is 0 Å². The van der Waals surface area contributed by atoms with Gasteiger partial charge in [0.25, 0.3) is 0 Å². The quantitative estimate of drug-likeness (QED) is 0.767. The lowest BCUT2D eigenvalue weighted by Gasteiger charge is -2.39. The molecule has 5 heteroatoms. The van der Waals surface area contributed by atoms with E-state index in [1.165, 1.54) is 0 Å². The lowest BCUT2D eigenvalue weighted by molar-refractivity contribution is -0.138. The Hall–Kier alpha value is -0.260. The molecule has 1 aliphatic heterocycles. The molecule has 1 aliphatic rings. The summed E-state index contributed by atoms with van der Waals surface area (Å²) in [6.07, 6.45) is 1.22. The van der Waals surface area contributed by atoms with Crippen LogP contribution < -0.4 is 0 Å². The maximum Gasteiger partial charge on any atom is 0.304 e. The first-order valence-corrected chi connectivity index (χ1v) is 6.84. The van der Waals surface area contributed by atoms with Gasteiger partial charge in [-0.05, 0) is 13.3 Å². The average molecular weight is 247 g/mol. The second kappa shape index (κ2) is 7.14. The van der Waals surface area contributed by atoms with E-state index in [1.54, 1.807) is 7.11 Å². The first kappa shape index (κ1) is 13.8. The van der Waals surface area contributed by atoms with E-state index in [4.69, 9.17) is 9.84 Å². The summed E-state index contributed by atoms with van der Waals surface area (Å²) >= 11 is 1.85. The normalized spacial score (nSPS) is 24.2. The number of rotatable bonds is 6. The monoisotopic (exact) mass is 247 g/mol. The van der Waals surface area contributed by atoms with Crippen molar-refractivity contribution in [3.8, 4) is 0 Å². The van der Waals surface area contributed by atoms with Crippen LogP contribution in [0.3, 0.4) is 0 Å². The number of carboxylic acids is 1. The summed E-state index contributed by atoms with van der Waals surface area (Å²) < 4.78 is 5.07. The Kier molecular flexibility index (Phi) is 6.16. The summed E-state index contributed by atoms with van der Waals surface area (Å²) in [7, 11) is 1.70. The highest BCUT2D eigenvalue weighted by molar-refractivity contribution is 7.99. The van der Waals surface area contributed by atoms with Crippen LogP contribution in [0.25, 0.3) is 0 Å². The topological polar surface area (TPSA) is 49.8 Å². The molecule has 0 bridgehead atoms. The van der Waals surface area contributed by atoms with Gasteiger partial charge in [-0.25, -0.2) is 0 Å². The molecule has 0 aromatic carbocycles. The molecule has 0 aliphatic carbocycles. The van der Waals surface area contributed by atoms with Crippen molar-refractivity contribution in [2.75, 3.05) is 31.8 Å². The second-order valence-electron chi connectivity index (χ2n) is 4.19. The zero-order chi connectivity index (χ0) is 12.0. The number of methoxy groups -OCH3 is 1. The Bertz CT molecular complexity index is 225. The zero-order valence-corrected chi connectivity index (χ0v) is 10.8. The highest BCUT2D eigenvalue weighted by Crippen LogP contribution is 2.22. The minimum Gasteiger partial charge on any atom is -0.481 e.